The van der Waals surface area contributed by atoms with Crippen LogP contribution in [0.15, 0.2) is 0 Å². The lowest BCUT2D eigenvalue weighted by Crippen LogP contribution is -2.20. The van der Waals surface area contributed by atoms with Crippen LogP contribution in [0.1, 0.15) is 39.9 Å². The third-order valence-corrected chi connectivity index (χ3v) is 2.92. The third-order valence-electron chi connectivity index (χ3n) is 2.64. The van der Waals surface area contributed by atoms with E-state index >= 15 is 0 Å². The van der Waals surface area contributed by atoms with Crippen LogP contribution in [0.5, 0.6) is 0 Å². The second kappa shape index (κ2) is 4.30. The summed E-state index contributed by atoms with van der Waals surface area (Å²) < 4.78 is 2.01. The number of hydrogen-bond donors (Lipinski definition) is 0. The molecule has 3 nitrogen and oxygen atoms in total. The number of aromatic nitrogens is 3. The van der Waals surface area contributed by atoms with Crippen LogP contribution in [0.4, 0.5) is 0 Å². The molecule has 0 radical (unpaired) electrons. The average molecular weight is 216 g/mol. The molecule has 0 spiro atoms. The molecule has 1 aromatic heterocycles. The van der Waals surface area contributed by atoms with Gasteiger partial charge in [-0.2, -0.15) is 0 Å². The molecule has 1 aromatic rings. The molecule has 0 saturated carbocycles. The zero-order valence-electron chi connectivity index (χ0n) is 9.34. The summed E-state index contributed by atoms with van der Waals surface area (Å²) in [4.78, 5) is 0. The first kappa shape index (κ1) is 11.5. The van der Waals surface area contributed by atoms with Gasteiger partial charge in [0.25, 0.3) is 0 Å². The third kappa shape index (κ3) is 2.47. The average Bonchev–Trinajstić information content (AvgIpc) is 2.48. The molecule has 0 bridgehead atoms. The molecule has 1 rings (SSSR count). The predicted octanol–water partition coefficient (Wildman–Crippen LogP) is 2.93. The van der Waals surface area contributed by atoms with Gasteiger partial charge in [-0.25, -0.2) is 0 Å². The zero-order valence-corrected chi connectivity index (χ0v) is 10.1. The Morgan fingerprint density at radius 1 is 1.29 bits per heavy atom. The molecule has 0 aromatic carbocycles. The first-order chi connectivity index (χ1) is 6.50. The van der Waals surface area contributed by atoms with E-state index in [2.05, 4.69) is 37.9 Å². The Morgan fingerprint density at radius 2 is 1.93 bits per heavy atom. The Bertz CT molecular complexity index is 304. The SMILES string of the molecule is CCc1nnc(Cl)n1CC(C)(C)CC. The summed E-state index contributed by atoms with van der Waals surface area (Å²) in [5, 5.41) is 8.42. The van der Waals surface area contributed by atoms with Crippen molar-refractivity contribution in [3.8, 4) is 0 Å². The summed E-state index contributed by atoms with van der Waals surface area (Å²) >= 11 is 5.98. The smallest absolute Gasteiger partial charge is 0.225 e. The van der Waals surface area contributed by atoms with Crippen LogP contribution in [0.2, 0.25) is 5.28 Å². The fourth-order valence-electron chi connectivity index (χ4n) is 1.27. The molecule has 0 aliphatic carbocycles. The topological polar surface area (TPSA) is 30.7 Å². The van der Waals surface area contributed by atoms with Crippen molar-refractivity contribution in [2.24, 2.45) is 5.41 Å². The second-order valence-electron chi connectivity index (χ2n) is 4.34. The maximum absolute atomic E-state index is 5.98. The van der Waals surface area contributed by atoms with Gasteiger partial charge >= 0.3 is 0 Å². The fraction of sp³-hybridized carbons (Fsp3) is 0.800. The number of rotatable bonds is 4. The fourth-order valence-corrected chi connectivity index (χ4v) is 1.47. The van der Waals surface area contributed by atoms with Crippen LogP contribution in [-0.4, -0.2) is 14.8 Å². The van der Waals surface area contributed by atoms with Crippen LogP contribution < -0.4 is 0 Å². The van der Waals surface area contributed by atoms with Crippen molar-refractivity contribution in [3.05, 3.63) is 11.1 Å². The van der Waals surface area contributed by atoms with Crippen molar-refractivity contribution in [1.29, 1.82) is 0 Å². The monoisotopic (exact) mass is 215 g/mol. The van der Waals surface area contributed by atoms with Gasteiger partial charge in [-0.05, 0) is 23.4 Å². The van der Waals surface area contributed by atoms with E-state index in [1.54, 1.807) is 0 Å². The molecular weight excluding hydrogens is 198 g/mol. The molecule has 80 valence electrons. The van der Waals surface area contributed by atoms with E-state index < -0.39 is 0 Å². The Hall–Kier alpha value is -0.570. The number of halogens is 1. The van der Waals surface area contributed by atoms with E-state index in [0.717, 1.165) is 25.2 Å². The van der Waals surface area contributed by atoms with Crippen LogP contribution >= 0.6 is 11.6 Å². The molecule has 0 fully saturated rings. The Morgan fingerprint density at radius 3 is 2.43 bits per heavy atom. The molecule has 4 heteroatoms. The van der Waals surface area contributed by atoms with E-state index in [1.807, 2.05) is 4.57 Å². The molecule has 0 N–H and O–H groups in total. The van der Waals surface area contributed by atoms with E-state index in [0.29, 0.717) is 5.28 Å². The highest BCUT2D eigenvalue weighted by atomic mass is 35.5. The molecule has 0 atom stereocenters. The van der Waals surface area contributed by atoms with Gasteiger partial charge in [0.1, 0.15) is 5.82 Å². The highest BCUT2D eigenvalue weighted by Crippen LogP contribution is 2.24. The summed E-state index contributed by atoms with van der Waals surface area (Å²) in [7, 11) is 0. The van der Waals surface area contributed by atoms with Gasteiger partial charge in [0.05, 0.1) is 0 Å². The quantitative estimate of drug-likeness (QED) is 0.773. The van der Waals surface area contributed by atoms with Crippen molar-refractivity contribution in [1.82, 2.24) is 14.8 Å². The maximum atomic E-state index is 5.98. The first-order valence-corrected chi connectivity index (χ1v) is 5.45. The number of nitrogens with zero attached hydrogens (tertiary/aromatic N) is 3. The molecule has 0 unspecified atom stereocenters. The minimum absolute atomic E-state index is 0.246. The zero-order chi connectivity index (χ0) is 10.8. The summed E-state index contributed by atoms with van der Waals surface area (Å²) in [6.45, 7) is 9.59. The first-order valence-electron chi connectivity index (χ1n) is 5.07. The molecule has 0 saturated heterocycles. The van der Waals surface area contributed by atoms with Crippen molar-refractivity contribution in [3.63, 3.8) is 0 Å². The lowest BCUT2D eigenvalue weighted by molar-refractivity contribution is 0.290. The summed E-state index contributed by atoms with van der Waals surface area (Å²) in [6.07, 6.45) is 1.99. The predicted molar refractivity (Wildman–Crippen MR) is 58.5 cm³/mol. The van der Waals surface area contributed by atoms with E-state index in [4.69, 9.17) is 11.6 Å². The van der Waals surface area contributed by atoms with Gasteiger partial charge in [0, 0.05) is 13.0 Å². The Balaban J connectivity index is 2.89. The molecule has 1 heterocycles. The second-order valence-corrected chi connectivity index (χ2v) is 4.68. The Labute approximate surface area is 90.5 Å². The highest BCUT2D eigenvalue weighted by molar-refractivity contribution is 6.28. The van der Waals surface area contributed by atoms with E-state index in [-0.39, 0.29) is 5.41 Å². The molecule has 0 amide bonds. The van der Waals surface area contributed by atoms with Crippen molar-refractivity contribution in [2.75, 3.05) is 0 Å². The van der Waals surface area contributed by atoms with Gasteiger partial charge in [-0.15, -0.1) is 10.2 Å². The minimum atomic E-state index is 0.246. The lowest BCUT2D eigenvalue weighted by Gasteiger charge is -2.23. The van der Waals surface area contributed by atoms with Gasteiger partial charge in [0.15, 0.2) is 0 Å². The van der Waals surface area contributed by atoms with Crippen LogP contribution in [-0.2, 0) is 13.0 Å². The summed E-state index contributed by atoms with van der Waals surface area (Å²) in [5.41, 5.74) is 0.246. The van der Waals surface area contributed by atoms with E-state index in [1.165, 1.54) is 0 Å². The molecule has 14 heavy (non-hydrogen) atoms. The van der Waals surface area contributed by atoms with Crippen molar-refractivity contribution in [2.45, 2.75) is 47.1 Å². The maximum Gasteiger partial charge on any atom is 0.225 e. The highest BCUT2D eigenvalue weighted by Gasteiger charge is 2.19. The normalized spacial score (nSPS) is 12.1. The van der Waals surface area contributed by atoms with Gasteiger partial charge in [0.2, 0.25) is 5.28 Å². The number of hydrogen-bond acceptors (Lipinski definition) is 2. The van der Waals surface area contributed by atoms with Crippen LogP contribution in [0.25, 0.3) is 0 Å². The van der Waals surface area contributed by atoms with Crippen molar-refractivity contribution >= 4 is 11.6 Å². The van der Waals surface area contributed by atoms with Crippen molar-refractivity contribution < 1.29 is 0 Å². The molecule has 0 aliphatic rings. The Kier molecular flexibility index (Phi) is 3.53. The number of aryl methyl sites for hydroxylation is 1. The molecular formula is C10H18ClN3. The largest absolute Gasteiger partial charge is 0.301 e. The van der Waals surface area contributed by atoms with E-state index in [9.17, 15) is 0 Å². The van der Waals surface area contributed by atoms with Crippen LogP contribution in [0.3, 0.4) is 0 Å². The van der Waals surface area contributed by atoms with Crippen LogP contribution in [0, 0.1) is 5.41 Å². The lowest BCUT2D eigenvalue weighted by atomic mass is 9.90. The van der Waals surface area contributed by atoms with Gasteiger partial charge < -0.3 is 4.57 Å². The molecule has 0 aliphatic heterocycles. The summed E-state index contributed by atoms with van der Waals surface area (Å²) in [6, 6.07) is 0. The van der Waals surface area contributed by atoms with Gasteiger partial charge in [-0.1, -0.05) is 27.7 Å². The standard InChI is InChI=1S/C10H18ClN3/c1-5-8-12-13-9(11)14(8)7-10(3,4)6-2/h5-7H2,1-4H3. The minimum Gasteiger partial charge on any atom is -0.301 e. The van der Waals surface area contributed by atoms with Gasteiger partial charge in [-0.3, -0.25) is 0 Å². The summed E-state index contributed by atoms with van der Waals surface area (Å²) in [5.74, 6) is 0.969.